The first-order valence-electron chi connectivity index (χ1n) is 5.09. The molecule has 0 aliphatic heterocycles. The van der Waals surface area contributed by atoms with Gasteiger partial charge in [-0.3, -0.25) is 4.79 Å². The zero-order chi connectivity index (χ0) is 11.2. The van der Waals surface area contributed by atoms with E-state index >= 15 is 0 Å². The van der Waals surface area contributed by atoms with Gasteiger partial charge in [-0.2, -0.15) is 5.56 Å². The Morgan fingerprint density at radius 3 is 2.24 bits per heavy atom. The minimum Gasteiger partial charge on any atom is -0.298 e. The van der Waals surface area contributed by atoms with Crippen LogP contribution in [0.15, 0.2) is 48.5 Å². The van der Waals surface area contributed by atoms with Gasteiger partial charge >= 0.3 is 0 Å². The second-order valence-corrected chi connectivity index (χ2v) is 3.40. The zero-order valence-corrected chi connectivity index (χ0v) is 12.2. The van der Waals surface area contributed by atoms with Crippen LogP contribution in [0.2, 0.25) is 0 Å². The quantitative estimate of drug-likeness (QED) is 0.481. The van der Waals surface area contributed by atoms with Crippen molar-refractivity contribution >= 4 is 18.4 Å². The standard InChI is InChI=1S/C15H11O.Y/c16-12-15-9-5-4-8-14(15)11-10-13-6-2-1-3-7-13;/h1-6,8-12H;/q-1;/b11-10+;. The number of hydrogen-bond donors (Lipinski definition) is 0. The number of benzene rings is 2. The average Bonchev–Trinajstić information content (AvgIpc) is 2.38. The van der Waals surface area contributed by atoms with E-state index in [2.05, 4.69) is 6.07 Å². The number of rotatable bonds is 3. The molecule has 1 radical (unpaired) electrons. The van der Waals surface area contributed by atoms with Gasteiger partial charge in [0.15, 0.2) is 6.29 Å². The van der Waals surface area contributed by atoms with Gasteiger partial charge in [-0.1, -0.05) is 30.3 Å². The largest absolute Gasteiger partial charge is 0.298 e. The maximum Gasteiger partial charge on any atom is 0.150 e. The summed E-state index contributed by atoms with van der Waals surface area (Å²) in [5.41, 5.74) is 2.63. The number of carbonyl (C=O) groups excluding carboxylic acids is 1. The van der Waals surface area contributed by atoms with Crippen LogP contribution in [0.5, 0.6) is 0 Å². The molecule has 17 heavy (non-hydrogen) atoms. The second-order valence-electron chi connectivity index (χ2n) is 3.40. The first-order valence-corrected chi connectivity index (χ1v) is 5.09. The molecule has 0 aromatic heterocycles. The summed E-state index contributed by atoms with van der Waals surface area (Å²) in [4.78, 5) is 10.8. The summed E-state index contributed by atoms with van der Waals surface area (Å²) in [5.74, 6) is 0. The van der Waals surface area contributed by atoms with Crippen LogP contribution in [0.4, 0.5) is 0 Å². The molecule has 0 aliphatic carbocycles. The Hall–Kier alpha value is -1.05. The molecule has 0 spiro atoms. The molecular formula is C15H11OY-. The van der Waals surface area contributed by atoms with Crippen LogP contribution < -0.4 is 0 Å². The number of hydrogen-bond acceptors (Lipinski definition) is 1. The van der Waals surface area contributed by atoms with E-state index in [4.69, 9.17) is 0 Å². The van der Waals surface area contributed by atoms with E-state index in [-0.39, 0.29) is 32.7 Å². The third-order valence-electron chi connectivity index (χ3n) is 2.30. The van der Waals surface area contributed by atoms with Crippen LogP contribution >= 0.6 is 0 Å². The molecule has 2 aromatic rings. The molecule has 0 amide bonds. The van der Waals surface area contributed by atoms with Gasteiger partial charge in [-0.15, -0.1) is 36.4 Å². The fourth-order valence-corrected chi connectivity index (χ4v) is 1.46. The monoisotopic (exact) mass is 296 g/mol. The molecule has 0 saturated heterocycles. The first kappa shape index (κ1) is 14.0. The molecule has 0 unspecified atom stereocenters. The van der Waals surface area contributed by atoms with Gasteiger partial charge in [0.1, 0.15) is 0 Å². The van der Waals surface area contributed by atoms with E-state index in [1.165, 1.54) is 0 Å². The third kappa shape index (κ3) is 4.03. The van der Waals surface area contributed by atoms with Crippen LogP contribution in [0.3, 0.4) is 0 Å². The molecule has 0 fully saturated rings. The van der Waals surface area contributed by atoms with Crippen molar-refractivity contribution in [2.24, 2.45) is 0 Å². The predicted octanol–water partition coefficient (Wildman–Crippen LogP) is 3.47. The van der Waals surface area contributed by atoms with Crippen LogP contribution in [0, 0.1) is 6.07 Å². The van der Waals surface area contributed by atoms with Crippen molar-refractivity contribution in [3.8, 4) is 0 Å². The first-order chi connectivity index (χ1) is 7.90. The van der Waals surface area contributed by atoms with Gasteiger partial charge in [0.25, 0.3) is 0 Å². The van der Waals surface area contributed by atoms with E-state index in [0.29, 0.717) is 5.56 Å². The summed E-state index contributed by atoms with van der Waals surface area (Å²) < 4.78 is 0. The molecule has 2 heteroatoms. The number of aldehydes is 1. The van der Waals surface area contributed by atoms with Crippen molar-refractivity contribution in [1.29, 1.82) is 0 Å². The average molecular weight is 296 g/mol. The summed E-state index contributed by atoms with van der Waals surface area (Å²) >= 11 is 0. The minimum absolute atomic E-state index is 0. The Morgan fingerprint density at radius 2 is 1.59 bits per heavy atom. The summed E-state index contributed by atoms with van der Waals surface area (Å²) in [5, 5.41) is 0. The van der Waals surface area contributed by atoms with Gasteiger partial charge in [0.05, 0.1) is 0 Å². The maximum atomic E-state index is 10.8. The molecule has 81 valence electrons. The van der Waals surface area contributed by atoms with Gasteiger partial charge in [-0.25, -0.2) is 0 Å². The molecule has 0 aliphatic rings. The molecule has 0 atom stereocenters. The number of carbonyl (C=O) groups is 1. The van der Waals surface area contributed by atoms with E-state index in [1.54, 1.807) is 6.07 Å². The SMILES string of the molecule is O=Cc1ccccc1/C=C/c1[c-]cccc1.[Y]. The maximum absolute atomic E-state index is 10.8. The molecule has 2 rings (SSSR count). The van der Waals surface area contributed by atoms with Crippen LogP contribution in [-0.2, 0) is 32.7 Å². The molecule has 1 nitrogen and oxygen atoms in total. The summed E-state index contributed by atoms with van der Waals surface area (Å²) in [6, 6.07) is 18.3. The Morgan fingerprint density at radius 1 is 0.882 bits per heavy atom. The third-order valence-corrected chi connectivity index (χ3v) is 2.30. The Kier molecular flexibility index (Phi) is 6.03. The van der Waals surface area contributed by atoms with Crippen molar-refractivity contribution in [2.75, 3.05) is 0 Å². The molecule has 0 saturated carbocycles. The van der Waals surface area contributed by atoms with Crippen LogP contribution in [0.25, 0.3) is 12.2 Å². The van der Waals surface area contributed by atoms with Crippen molar-refractivity contribution < 1.29 is 37.5 Å². The van der Waals surface area contributed by atoms with Gasteiger partial charge in [0, 0.05) is 38.3 Å². The Bertz CT molecular complexity index is 503. The summed E-state index contributed by atoms with van der Waals surface area (Å²) in [7, 11) is 0. The molecule has 0 N–H and O–H groups in total. The van der Waals surface area contributed by atoms with Crippen LogP contribution in [0.1, 0.15) is 21.5 Å². The summed E-state index contributed by atoms with van der Waals surface area (Å²) in [6.45, 7) is 0. The fraction of sp³-hybridized carbons (Fsp3) is 0. The van der Waals surface area contributed by atoms with Crippen molar-refractivity contribution in [3.05, 3.63) is 71.3 Å². The van der Waals surface area contributed by atoms with Gasteiger partial charge < -0.3 is 0 Å². The van der Waals surface area contributed by atoms with E-state index in [1.807, 2.05) is 54.6 Å². The van der Waals surface area contributed by atoms with Gasteiger partial charge in [-0.05, 0) is 5.56 Å². The zero-order valence-electron chi connectivity index (χ0n) is 9.34. The Balaban J connectivity index is 0.00000144. The molecule has 0 bridgehead atoms. The second kappa shape index (κ2) is 7.31. The van der Waals surface area contributed by atoms with Crippen molar-refractivity contribution in [1.82, 2.24) is 0 Å². The Labute approximate surface area is 126 Å². The predicted molar refractivity (Wildman–Crippen MR) is 66.0 cm³/mol. The van der Waals surface area contributed by atoms with Crippen LogP contribution in [-0.4, -0.2) is 6.29 Å². The normalized spacial score (nSPS) is 9.88. The molecule has 2 aromatic carbocycles. The minimum atomic E-state index is 0. The van der Waals surface area contributed by atoms with E-state index < -0.39 is 0 Å². The van der Waals surface area contributed by atoms with E-state index in [0.717, 1.165) is 17.4 Å². The summed E-state index contributed by atoms with van der Waals surface area (Å²) in [6.07, 6.45) is 4.74. The molecular weight excluding hydrogens is 285 g/mol. The topological polar surface area (TPSA) is 17.1 Å². The fourth-order valence-electron chi connectivity index (χ4n) is 1.46. The van der Waals surface area contributed by atoms with E-state index in [9.17, 15) is 4.79 Å². The van der Waals surface area contributed by atoms with Crippen molar-refractivity contribution in [3.63, 3.8) is 0 Å². The van der Waals surface area contributed by atoms with Crippen molar-refractivity contribution in [2.45, 2.75) is 0 Å². The smallest absolute Gasteiger partial charge is 0.150 e. The molecule has 0 heterocycles. The van der Waals surface area contributed by atoms with Gasteiger partial charge in [0.2, 0.25) is 0 Å².